The first kappa shape index (κ1) is 13.4. The molecule has 0 radical (unpaired) electrons. The van der Waals surface area contributed by atoms with Crippen LogP contribution in [0.3, 0.4) is 0 Å². The van der Waals surface area contributed by atoms with Crippen LogP contribution in [0.5, 0.6) is 5.75 Å². The summed E-state index contributed by atoms with van der Waals surface area (Å²) in [6.07, 6.45) is -4.89. The van der Waals surface area contributed by atoms with Crippen LogP contribution in [0, 0.1) is 3.70 Å². The normalized spacial score (nSPS) is 11.6. The van der Waals surface area contributed by atoms with Crippen molar-refractivity contribution >= 4 is 22.6 Å². The lowest BCUT2D eigenvalue weighted by atomic mass is 10.2. The maximum atomic E-state index is 12.5. The van der Waals surface area contributed by atoms with E-state index in [0.29, 0.717) is 0 Å². The van der Waals surface area contributed by atoms with E-state index in [9.17, 15) is 17.6 Å². The summed E-state index contributed by atoms with van der Waals surface area (Å²) >= 11 is 1.63. The molecule has 90 valence electrons. The minimum Gasteiger partial charge on any atom is -0.405 e. The molecule has 0 atom stereocenters. The molecule has 0 aliphatic heterocycles. The van der Waals surface area contributed by atoms with Crippen LogP contribution in [0.4, 0.5) is 17.6 Å². The third-order valence-corrected chi connectivity index (χ3v) is 2.20. The van der Waals surface area contributed by atoms with E-state index in [1.807, 2.05) is 0 Å². The molecule has 8 heteroatoms. The van der Waals surface area contributed by atoms with Crippen LogP contribution in [0.15, 0.2) is 6.07 Å². The molecule has 0 aliphatic carbocycles. The Morgan fingerprint density at radius 3 is 2.50 bits per heavy atom. The summed E-state index contributed by atoms with van der Waals surface area (Å²) in [5.41, 5.74) is -0.547. The Morgan fingerprint density at radius 1 is 1.44 bits per heavy atom. The van der Waals surface area contributed by atoms with Crippen LogP contribution in [0.2, 0.25) is 0 Å². The zero-order valence-corrected chi connectivity index (χ0v) is 9.84. The second kappa shape index (κ2) is 5.13. The van der Waals surface area contributed by atoms with E-state index >= 15 is 0 Å². The number of alkyl halides is 4. The Morgan fingerprint density at radius 2 is 2.06 bits per heavy atom. The Kier molecular flexibility index (Phi) is 4.30. The Balaban J connectivity index is 3.20. The summed E-state index contributed by atoms with van der Waals surface area (Å²) in [7, 11) is 0. The zero-order valence-electron chi connectivity index (χ0n) is 7.68. The minimum absolute atomic E-state index is 0.154. The van der Waals surface area contributed by atoms with Gasteiger partial charge in [0, 0.05) is 11.6 Å². The highest BCUT2D eigenvalue weighted by atomic mass is 127. The largest absolute Gasteiger partial charge is 0.573 e. The highest BCUT2D eigenvalue weighted by Crippen LogP contribution is 2.29. The number of ether oxygens (including phenoxy) is 1. The first-order valence-electron chi connectivity index (χ1n) is 3.98. The number of pyridine rings is 1. The van der Waals surface area contributed by atoms with E-state index in [1.165, 1.54) is 0 Å². The van der Waals surface area contributed by atoms with E-state index in [4.69, 9.17) is 5.11 Å². The van der Waals surface area contributed by atoms with E-state index < -0.39 is 25.4 Å². The Hall–Kier alpha value is -0.640. The van der Waals surface area contributed by atoms with Crippen molar-refractivity contribution in [1.82, 2.24) is 4.98 Å². The number of aromatic nitrogens is 1. The van der Waals surface area contributed by atoms with E-state index in [1.54, 1.807) is 22.6 Å². The van der Waals surface area contributed by atoms with Gasteiger partial charge in [0.1, 0.15) is 16.1 Å². The lowest BCUT2D eigenvalue weighted by Gasteiger charge is -2.14. The smallest absolute Gasteiger partial charge is 0.405 e. The maximum absolute atomic E-state index is 12.5. The van der Waals surface area contributed by atoms with E-state index in [0.717, 1.165) is 6.07 Å². The van der Waals surface area contributed by atoms with Gasteiger partial charge in [0.05, 0.1) is 12.3 Å². The fourth-order valence-electron chi connectivity index (χ4n) is 1.06. The van der Waals surface area contributed by atoms with Gasteiger partial charge in [-0.05, 0) is 22.6 Å². The van der Waals surface area contributed by atoms with Gasteiger partial charge in [-0.2, -0.15) is 0 Å². The molecular weight excluding hydrogens is 345 g/mol. The first-order valence-corrected chi connectivity index (χ1v) is 5.06. The van der Waals surface area contributed by atoms with Crippen molar-refractivity contribution in [3.05, 3.63) is 21.0 Å². The van der Waals surface area contributed by atoms with Crippen LogP contribution in [-0.4, -0.2) is 16.5 Å². The van der Waals surface area contributed by atoms with E-state index in [2.05, 4.69) is 9.72 Å². The predicted molar refractivity (Wildman–Crippen MR) is 54.4 cm³/mol. The molecule has 3 nitrogen and oxygen atoms in total. The molecule has 0 amide bonds. The molecule has 1 N–H and O–H groups in total. The summed E-state index contributed by atoms with van der Waals surface area (Å²) in [5, 5.41) is 8.86. The molecule has 0 fully saturated rings. The third-order valence-electron chi connectivity index (χ3n) is 1.65. The van der Waals surface area contributed by atoms with Crippen LogP contribution in [0.25, 0.3) is 0 Å². The van der Waals surface area contributed by atoms with Gasteiger partial charge in [-0.3, -0.25) is 0 Å². The first-order chi connectivity index (χ1) is 7.37. The van der Waals surface area contributed by atoms with Gasteiger partial charge >= 0.3 is 6.36 Å². The monoisotopic (exact) mass is 351 g/mol. The number of nitrogens with zero attached hydrogens (tertiary/aromatic N) is 1. The van der Waals surface area contributed by atoms with E-state index in [-0.39, 0.29) is 15.0 Å². The van der Waals surface area contributed by atoms with Crippen molar-refractivity contribution < 1.29 is 27.4 Å². The van der Waals surface area contributed by atoms with Gasteiger partial charge < -0.3 is 9.84 Å². The van der Waals surface area contributed by atoms with Crippen LogP contribution >= 0.6 is 22.6 Å². The fraction of sp³-hybridized carbons (Fsp3) is 0.375. The molecule has 16 heavy (non-hydrogen) atoms. The van der Waals surface area contributed by atoms with Gasteiger partial charge in [-0.25, -0.2) is 9.37 Å². The molecule has 1 aromatic rings. The highest BCUT2D eigenvalue weighted by molar-refractivity contribution is 14.1. The second-order valence-corrected chi connectivity index (χ2v) is 3.81. The molecule has 0 spiro atoms. The number of rotatable bonds is 3. The molecule has 1 aromatic heterocycles. The minimum atomic E-state index is -4.89. The number of halogens is 5. The van der Waals surface area contributed by atoms with Gasteiger partial charge in [-0.15, -0.1) is 13.2 Å². The van der Waals surface area contributed by atoms with Crippen molar-refractivity contribution in [2.75, 3.05) is 0 Å². The molecule has 1 heterocycles. The fourth-order valence-corrected chi connectivity index (χ4v) is 1.64. The Labute approximate surface area is 102 Å². The lowest BCUT2D eigenvalue weighted by Crippen LogP contribution is -2.19. The Bertz CT molecular complexity index is 383. The third kappa shape index (κ3) is 3.44. The molecule has 1 rings (SSSR count). The van der Waals surface area contributed by atoms with Gasteiger partial charge in [0.2, 0.25) is 0 Å². The molecule has 0 bridgehead atoms. The molecule has 0 aliphatic rings. The molecule has 0 unspecified atom stereocenters. The standard InChI is InChI=1S/C8H6F4INO2/c9-2-5-4(3-15)6(1-7(13)14-5)16-8(10,11)12/h1,15H,2-3H2. The van der Waals surface area contributed by atoms with Gasteiger partial charge in [0.25, 0.3) is 0 Å². The average molecular weight is 351 g/mol. The van der Waals surface area contributed by atoms with Crippen molar-refractivity contribution in [2.45, 2.75) is 19.6 Å². The highest BCUT2D eigenvalue weighted by Gasteiger charge is 2.32. The van der Waals surface area contributed by atoms with Crippen LogP contribution < -0.4 is 4.74 Å². The van der Waals surface area contributed by atoms with Gasteiger partial charge in [-0.1, -0.05) is 0 Å². The van der Waals surface area contributed by atoms with Crippen molar-refractivity contribution in [3.8, 4) is 5.75 Å². The SMILES string of the molecule is OCc1c(OC(F)(F)F)cc(I)nc1CF. The van der Waals surface area contributed by atoms with Gasteiger partial charge in [0.15, 0.2) is 0 Å². The number of hydrogen-bond acceptors (Lipinski definition) is 3. The second-order valence-electron chi connectivity index (χ2n) is 2.71. The number of aliphatic hydroxyl groups excluding tert-OH is 1. The lowest BCUT2D eigenvalue weighted by molar-refractivity contribution is -0.275. The maximum Gasteiger partial charge on any atom is 0.573 e. The number of aliphatic hydroxyl groups is 1. The summed E-state index contributed by atoms with van der Waals surface area (Å²) in [5.74, 6) is -0.623. The molecule has 0 aromatic carbocycles. The summed E-state index contributed by atoms with van der Waals surface area (Å²) < 4.78 is 52.3. The van der Waals surface area contributed by atoms with Crippen LogP contribution in [0.1, 0.15) is 11.3 Å². The summed E-state index contributed by atoms with van der Waals surface area (Å²) in [6.45, 7) is -1.84. The average Bonchev–Trinajstić information content (AvgIpc) is 2.14. The predicted octanol–water partition coefficient (Wildman–Crippen LogP) is 2.55. The summed E-state index contributed by atoms with van der Waals surface area (Å²) in [6, 6.07) is 0.985. The quantitative estimate of drug-likeness (QED) is 0.517. The molecule has 0 saturated heterocycles. The van der Waals surface area contributed by atoms with Crippen molar-refractivity contribution in [2.24, 2.45) is 0 Å². The zero-order chi connectivity index (χ0) is 12.3. The van der Waals surface area contributed by atoms with Crippen molar-refractivity contribution in [1.29, 1.82) is 0 Å². The molecular formula is C8H6F4INO2. The number of hydrogen-bond donors (Lipinski definition) is 1. The van der Waals surface area contributed by atoms with Crippen molar-refractivity contribution in [3.63, 3.8) is 0 Å². The molecule has 0 saturated carbocycles. The topological polar surface area (TPSA) is 42.4 Å². The summed E-state index contributed by atoms with van der Waals surface area (Å²) in [4.78, 5) is 3.66. The van der Waals surface area contributed by atoms with Crippen LogP contribution in [-0.2, 0) is 13.3 Å².